The first-order chi connectivity index (χ1) is 27.8. The number of azide groups is 1. The van der Waals surface area contributed by atoms with Crippen LogP contribution in [0.25, 0.3) is 21.5 Å². The molecule has 28 nitrogen and oxygen atoms in total. The second-order valence-electron chi connectivity index (χ2n) is 13.1. The second-order valence-corrected chi connectivity index (χ2v) is 21.0. The highest BCUT2D eigenvalue weighted by molar-refractivity contribution is 7.71. The summed E-state index contributed by atoms with van der Waals surface area (Å²) in [4.78, 5) is 100. The molecule has 4 heterocycles. The maximum absolute atomic E-state index is 12.0. The molecule has 61 heavy (non-hydrogen) atoms. The van der Waals surface area contributed by atoms with E-state index in [0.717, 1.165) is 39.5 Å². The number of aryl methyl sites for hydroxylation is 1. The average Bonchev–Trinajstić information content (AvgIpc) is 3.55. The van der Waals surface area contributed by atoms with Gasteiger partial charge in [-0.1, -0.05) is 28.4 Å². The number of hydrogen-bond acceptors (Lipinski definition) is 15. The number of rotatable bonds is 13. The molecule has 1 saturated heterocycles. The van der Waals surface area contributed by atoms with Crippen molar-refractivity contribution >= 4 is 74.0 Å². The van der Waals surface area contributed by atoms with Crippen LogP contribution >= 0.6 is 62.9 Å². The number of nitrogens with one attached hydrogen (secondary N) is 2. The number of hydrogen-bond donors (Lipinski definition) is 10. The van der Waals surface area contributed by atoms with Crippen molar-refractivity contribution in [3.8, 4) is 0 Å². The minimum absolute atomic E-state index is 0.111. The van der Waals surface area contributed by atoms with Gasteiger partial charge in [0, 0.05) is 53.8 Å². The van der Waals surface area contributed by atoms with Gasteiger partial charge in [0.25, 0.3) is 5.56 Å². The van der Waals surface area contributed by atoms with Crippen LogP contribution in [0, 0.1) is 11.7 Å². The van der Waals surface area contributed by atoms with Crippen LogP contribution in [0.2, 0.25) is 5.02 Å². The van der Waals surface area contributed by atoms with Gasteiger partial charge in [0.1, 0.15) is 6.23 Å². The molecule has 0 spiro atoms. The number of aromatic nitrogens is 4. The summed E-state index contributed by atoms with van der Waals surface area (Å²) < 4.78 is 77.0. The third-order valence-corrected chi connectivity index (χ3v) is 14.0. The molecule has 6 atom stereocenters. The summed E-state index contributed by atoms with van der Waals surface area (Å²) in [7, 11) is -26.8. The van der Waals surface area contributed by atoms with Gasteiger partial charge in [-0.2, -0.15) is 12.9 Å². The zero-order valence-corrected chi connectivity index (χ0v) is 37.9. The molecule has 2 unspecified atom stereocenters. The predicted octanol–water partition coefficient (Wildman–Crippen LogP) is 3.87. The highest BCUT2D eigenvalue weighted by Crippen LogP contribution is 2.66. The fourth-order valence-electron chi connectivity index (χ4n) is 5.58. The van der Waals surface area contributed by atoms with Crippen molar-refractivity contribution in [2.45, 2.75) is 71.6 Å². The Morgan fingerprint density at radius 2 is 1.61 bits per heavy atom. The van der Waals surface area contributed by atoms with Crippen molar-refractivity contribution in [2.24, 2.45) is 5.11 Å². The molecule has 5 rings (SSSR count). The molecule has 0 amide bonds. The first-order valence-corrected chi connectivity index (χ1v) is 25.1. The van der Waals surface area contributed by atoms with Gasteiger partial charge in [-0.3, -0.25) is 23.8 Å². The first-order valence-electron chi connectivity index (χ1n) is 16.7. The Morgan fingerprint density at radius 1 is 1.00 bits per heavy atom. The summed E-state index contributed by atoms with van der Waals surface area (Å²) >= 11 is 11.7. The number of ether oxygens (including phenoxy) is 1. The lowest BCUT2D eigenvalue weighted by Crippen LogP contribution is -2.34. The van der Waals surface area contributed by atoms with Gasteiger partial charge in [0.15, 0.2) is 4.77 Å². The van der Waals surface area contributed by atoms with Crippen molar-refractivity contribution in [2.75, 3.05) is 13.2 Å². The third-order valence-electron chi connectivity index (χ3n) is 7.98. The molecule has 3 aromatic rings. The van der Waals surface area contributed by atoms with E-state index >= 15 is 0 Å². The maximum atomic E-state index is 12.0. The second kappa shape index (κ2) is 21.0. The molecule has 0 bridgehead atoms. The van der Waals surface area contributed by atoms with E-state index in [1.807, 2.05) is 11.1 Å². The first kappa shape index (κ1) is 52.9. The third kappa shape index (κ3) is 17.2. The number of allylic oxidation sites excluding steroid dienone is 1. The number of halogens is 1. The van der Waals surface area contributed by atoms with Crippen LogP contribution in [0.3, 0.4) is 0 Å². The number of nitrogens with zero attached hydrogens (tertiary/aromatic N) is 6. The molecule has 0 saturated carbocycles. The highest BCUT2D eigenvalue weighted by atomic mass is 35.5. The van der Waals surface area contributed by atoms with E-state index in [9.17, 15) is 37.3 Å². The minimum atomic E-state index is -5.70. The highest BCUT2D eigenvalue weighted by Gasteiger charge is 2.43. The predicted molar refractivity (Wildman–Crippen MR) is 214 cm³/mol. The fourth-order valence-corrected chi connectivity index (χ4v) is 10.2. The zero-order valence-electron chi connectivity index (χ0n) is 31.8. The van der Waals surface area contributed by atoms with Crippen molar-refractivity contribution < 1.29 is 84.2 Å². The SMILES string of the molecule is CC(C)=CCN1Cc2cc(Cl)cc3[nH]c(=S)n(c23)C[C@@H]1C.Cc1cn([C@H]2C[C@H](N=[N+]=[N-])[C@@H](COP(=O)(O)OP(=O)(O)OP(=O)(O)O)O2)c(=O)[nH]c1=O.O=P(O)(O)OP(=O)(O)O. The van der Waals surface area contributed by atoms with Crippen LogP contribution in [0.15, 0.2) is 44.7 Å². The van der Waals surface area contributed by atoms with Gasteiger partial charge in [-0.15, -0.1) is 0 Å². The van der Waals surface area contributed by atoms with E-state index in [2.05, 4.69) is 74.8 Å². The number of H-pyrrole nitrogens is 2. The molecular weight excluding hydrogens is 967 g/mol. The van der Waals surface area contributed by atoms with E-state index in [1.54, 1.807) is 0 Å². The summed E-state index contributed by atoms with van der Waals surface area (Å²) in [6.07, 6.45) is 1.02. The Kier molecular flexibility index (Phi) is 18.2. The smallest absolute Gasteiger partial charge is 0.352 e. The molecule has 10 N–H and O–H groups in total. The Morgan fingerprint density at radius 3 is 2.15 bits per heavy atom. The van der Waals surface area contributed by atoms with Gasteiger partial charge in [0.2, 0.25) is 0 Å². The van der Waals surface area contributed by atoms with Gasteiger partial charge in [-0.05, 0) is 63.1 Å². The Bertz CT molecular complexity index is 2570. The average molecular weight is 1010 g/mol. The van der Waals surface area contributed by atoms with Crippen LogP contribution in [-0.2, 0) is 58.1 Å². The number of phosphoric ester groups is 1. The van der Waals surface area contributed by atoms with Crippen LogP contribution in [0.5, 0.6) is 0 Å². The summed E-state index contributed by atoms with van der Waals surface area (Å²) in [6.45, 7) is 9.84. The lowest BCUT2D eigenvalue weighted by Gasteiger charge is -2.26. The standard InChI is InChI=1S/C16H20ClN3S.C10H16N5O13P3.H4O7P2/c1-10(2)4-5-19-9-12-6-13(17)7-14-15(12)20(8-11(19)3)16(21)18-14;1-5-3-15(10(17)12-9(5)16)8-2-6(13-14-11)7(26-8)4-25-30(21,22)28-31(23,24)27-29(18,19)20;1-8(2,3)7-9(4,5)6/h4,6-7,11H,5,8-9H2,1-3H3,(H,18,21);3,6-8H,2,4H2,1H3,(H,21,22)(H,23,24)(H,12,16,17)(H2,18,19,20);(H2,1,2,3)(H2,4,5,6)/t11-;6-,7+,8+;/m00./s1. The number of imidazole rings is 1. The lowest BCUT2D eigenvalue weighted by atomic mass is 10.1. The van der Waals surface area contributed by atoms with Gasteiger partial charge in [-0.25, -0.2) is 27.6 Å². The van der Waals surface area contributed by atoms with Crippen molar-refractivity contribution in [3.05, 3.63) is 82.2 Å². The summed E-state index contributed by atoms with van der Waals surface area (Å²) in [5.74, 6) is 0. The molecule has 2 aliphatic heterocycles. The van der Waals surface area contributed by atoms with Gasteiger partial charge < -0.3 is 53.4 Å². The van der Waals surface area contributed by atoms with Crippen molar-refractivity contribution in [3.63, 3.8) is 0 Å². The largest absolute Gasteiger partial charge is 0.490 e. The van der Waals surface area contributed by atoms with Crippen LogP contribution in [0.4, 0.5) is 0 Å². The molecule has 0 aliphatic carbocycles. The quantitative estimate of drug-likeness (QED) is 0.0290. The topological polar surface area (TPSA) is 421 Å². The van der Waals surface area contributed by atoms with E-state index < -0.39 is 75.3 Å². The molecule has 1 fully saturated rings. The lowest BCUT2D eigenvalue weighted by molar-refractivity contribution is -0.0267. The molecule has 1 aromatic carbocycles. The number of phosphoric acid groups is 5. The Labute approximate surface area is 353 Å². The van der Waals surface area contributed by atoms with Crippen molar-refractivity contribution in [1.29, 1.82) is 0 Å². The van der Waals surface area contributed by atoms with E-state index in [0.29, 0.717) is 6.04 Å². The van der Waals surface area contributed by atoms with Gasteiger partial charge in [0.05, 0.1) is 29.8 Å². The molecule has 0 radical (unpaired) electrons. The van der Waals surface area contributed by atoms with Gasteiger partial charge >= 0.3 is 44.8 Å². The molecular formula is C26H40ClN8O20P5S. The minimum Gasteiger partial charge on any atom is -0.352 e. The Balaban J connectivity index is 0.000000283. The van der Waals surface area contributed by atoms with Crippen LogP contribution in [0.1, 0.15) is 44.5 Å². The summed E-state index contributed by atoms with van der Waals surface area (Å²) in [6, 6.07) is 3.42. The molecule has 35 heteroatoms. The molecule has 2 aliphatic rings. The van der Waals surface area contributed by atoms with Crippen LogP contribution < -0.4 is 11.2 Å². The molecule has 342 valence electrons. The normalized spacial score (nSPS) is 21.4. The van der Waals surface area contributed by atoms with E-state index in [4.69, 9.17) is 68.3 Å². The monoisotopic (exact) mass is 1010 g/mol. The number of benzene rings is 1. The maximum Gasteiger partial charge on any atom is 0.490 e. The molecule has 2 aromatic heterocycles. The van der Waals surface area contributed by atoms with E-state index in [-0.39, 0.29) is 12.0 Å². The van der Waals surface area contributed by atoms with E-state index in [1.165, 1.54) is 29.8 Å². The zero-order chi connectivity index (χ0) is 46.5. The summed E-state index contributed by atoms with van der Waals surface area (Å²) in [5.41, 5.74) is 12.2. The Hall–Kier alpha value is -2.48. The van der Waals surface area contributed by atoms with Crippen molar-refractivity contribution in [1.82, 2.24) is 24.0 Å². The number of aromatic amines is 2. The fraction of sp³-hybridized carbons (Fsp3) is 0.500. The summed E-state index contributed by atoms with van der Waals surface area (Å²) in [5, 5.41) is 4.18. The van der Waals surface area contributed by atoms with Crippen LogP contribution in [-0.4, -0.2) is 94.5 Å².